The highest BCUT2D eigenvalue weighted by Crippen LogP contribution is 2.39. The summed E-state index contributed by atoms with van der Waals surface area (Å²) in [6, 6.07) is 1.91. The molecule has 1 aliphatic carbocycles. The number of hydrogen-bond donors (Lipinski definition) is 1. The molecule has 126 valence electrons. The summed E-state index contributed by atoms with van der Waals surface area (Å²) in [6.45, 7) is 4.58. The lowest BCUT2D eigenvalue weighted by atomic mass is 9.97. The number of nitrogens with zero attached hydrogens (tertiary/aromatic N) is 5. The Morgan fingerprint density at radius 3 is 2.92 bits per heavy atom. The molecule has 1 amide bonds. The van der Waals surface area contributed by atoms with Crippen LogP contribution < -0.4 is 10.2 Å². The Bertz CT molecular complexity index is 771. The standard InChI is InChI=1S/C16H20N6O2/c1-10(23)20-16(15-18-11(2)24-21-15)6-8-22(9-16)13-5-7-17-14(19-13)12-3-4-12/h5,7,12H,3-4,6,8-9H2,1-2H3,(H,20,23)/t16-/m1/s1. The molecule has 0 unspecified atom stereocenters. The molecular formula is C16H20N6O2. The third-order valence-corrected chi connectivity index (χ3v) is 4.57. The molecule has 4 rings (SSSR count). The number of rotatable bonds is 4. The van der Waals surface area contributed by atoms with Crippen molar-refractivity contribution in [2.24, 2.45) is 0 Å². The van der Waals surface area contributed by atoms with Crippen LogP contribution in [0, 0.1) is 6.92 Å². The normalized spacial score (nSPS) is 23.5. The second-order valence-electron chi connectivity index (χ2n) is 6.62. The van der Waals surface area contributed by atoms with Gasteiger partial charge >= 0.3 is 0 Å². The van der Waals surface area contributed by atoms with Crippen LogP contribution in [0.5, 0.6) is 0 Å². The fourth-order valence-corrected chi connectivity index (χ4v) is 3.25. The third kappa shape index (κ3) is 2.72. The minimum absolute atomic E-state index is 0.110. The van der Waals surface area contributed by atoms with Gasteiger partial charge in [-0.2, -0.15) is 4.98 Å². The number of nitrogens with one attached hydrogen (secondary N) is 1. The van der Waals surface area contributed by atoms with Gasteiger partial charge in [-0.15, -0.1) is 0 Å². The van der Waals surface area contributed by atoms with Crippen LogP contribution in [0.15, 0.2) is 16.8 Å². The quantitative estimate of drug-likeness (QED) is 0.903. The van der Waals surface area contributed by atoms with E-state index in [0.717, 1.165) is 18.2 Å². The Balaban J connectivity index is 1.62. The van der Waals surface area contributed by atoms with Gasteiger partial charge in [0.25, 0.3) is 0 Å². The minimum Gasteiger partial charge on any atom is -0.354 e. The van der Waals surface area contributed by atoms with E-state index < -0.39 is 5.54 Å². The average molecular weight is 328 g/mol. The lowest BCUT2D eigenvalue weighted by Crippen LogP contribution is -2.48. The Morgan fingerprint density at radius 2 is 2.25 bits per heavy atom. The zero-order valence-corrected chi connectivity index (χ0v) is 13.8. The second kappa shape index (κ2) is 5.54. The summed E-state index contributed by atoms with van der Waals surface area (Å²) in [4.78, 5) is 27.3. The highest BCUT2D eigenvalue weighted by Gasteiger charge is 2.45. The zero-order chi connectivity index (χ0) is 16.7. The molecule has 2 aromatic heterocycles. The van der Waals surface area contributed by atoms with E-state index in [1.807, 2.05) is 12.3 Å². The first-order chi connectivity index (χ1) is 11.6. The number of anilines is 1. The molecule has 1 atom stereocenters. The van der Waals surface area contributed by atoms with Crippen LogP contribution in [0.25, 0.3) is 0 Å². The van der Waals surface area contributed by atoms with Crippen LogP contribution in [-0.4, -0.2) is 39.1 Å². The molecule has 3 heterocycles. The van der Waals surface area contributed by atoms with Gasteiger partial charge in [-0.1, -0.05) is 5.16 Å². The first-order valence-corrected chi connectivity index (χ1v) is 8.23. The zero-order valence-electron chi connectivity index (χ0n) is 13.8. The lowest BCUT2D eigenvalue weighted by molar-refractivity contribution is -0.120. The summed E-state index contributed by atoms with van der Waals surface area (Å²) >= 11 is 0. The smallest absolute Gasteiger partial charge is 0.223 e. The number of amides is 1. The first kappa shape index (κ1) is 15.0. The predicted molar refractivity (Wildman–Crippen MR) is 85.4 cm³/mol. The maximum atomic E-state index is 11.7. The Morgan fingerprint density at radius 1 is 1.42 bits per heavy atom. The van der Waals surface area contributed by atoms with Gasteiger partial charge in [0.05, 0.1) is 0 Å². The van der Waals surface area contributed by atoms with Crippen LogP contribution in [-0.2, 0) is 10.3 Å². The molecule has 0 aromatic carbocycles. The van der Waals surface area contributed by atoms with E-state index in [1.165, 1.54) is 19.8 Å². The molecule has 24 heavy (non-hydrogen) atoms. The van der Waals surface area contributed by atoms with E-state index >= 15 is 0 Å². The molecule has 1 aliphatic heterocycles. The van der Waals surface area contributed by atoms with Gasteiger partial charge in [-0.25, -0.2) is 9.97 Å². The molecule has 1 saturated heterocycles. The fourth-order valence-electron chi connectivity index (χ4n) is 3.25. The van der Waals surface area contributed by atoms with Crippen LogP contribution >= 0.6 is 0 Å². The van der Waals surface area contributed by atoms with Gasteiger partial charge < -0.3 is 14.7 Å². The molecule has 8 heteroatoms. The third-order valence-electron chi connectivity index (χ3n) is 4.57. The van der Waals surface area contributed by atoms with Crippen LogP contribution in [0.1, 0.15) is 49.6 Å². The highest BCUT2D eigenvalue weighted by molar-refractivity contribution is 5.74. The van der Waals surface area contributed by atoms with E-state index in [-0.39, 0.29) is 5.91 Å². The summed E-state index contributed by atoms with van der Waals surface area (Å²) in [5, 5.41) is 7.07. The topological polar surface area (TPSA) is 97.0 Å². The summed E-state index contributed by atoms with van der Waals surface area (Å²) < 4.78 is 5.13. The molecule has 2 aromatic rings. The number of carbonyl (C=O) groups is 1. The molecule has 0 bridgehead atoms. The van der Waals surface area contributed by atoms with E-state index in [2.05, 4.69) is 25.3 Å². The molecule has 2 aliphatic rings. The van der Waals surface area contributed by atoms with Gasteiger partial charge in [-0.3, -0.25) is 4.79 Å². The van der Waals surface area contributed by atoms with Crippen molar-refractivity contribution in [3.05, 3.63) is 29.8 Å². The summed E-state index contributed by atoms with van der Waals surface area (Å²) in [5.41, 5.74) is -0.645. The number of aromatic nitrogens is 4. The van der Waals surface area contributed by atoms with Crippen molar-refractivity contribution in [1.29, 1.82) is 0 Å². The summed E-state index contributed by atoms with van der Waals surface area (Å²) in [5.74, 6) is 3.22. The van der Waals surface area contributed by atoms with Gasteiger partial charge in [0.2, 0.25) is 11.8 Å². The first-order valence-electron chi connectivity index (χ1n) is 8.23. The van der Waals surface area contributed by atoms with Gasteiger partial charge in [0.1, 0.15) is 17.2 Å². The van der Waals surface area contributed by atoms with Gasteiger partial charge in [0.15, 0.2) is 5.82 Å². The van der Waals surface area contributed by atoms with Crippen molar-refractivity contribution in [2.45, 2.75) is 44.6 Å². The summed E-state index contributed by atoms with van der Waals surface area (Å²) in [7, 11) is 0. The fraction of sp³-hybridized carbons (Fsp3) is 0.562. The molecular weight excluding hydrogens is 308 g/mol. The largest absolute Gasteiger partial charge is 0.354 e. The SMILES string of the molecule is CC(=O)N[C@]1(c2noc(C)n2)CCN(c2ccnc(C3CC3)n2)C1. The molecule has 8 nitrogen and oxygen atoms in total. The lowest BCUT2D eigenvalue weighted by Gasteiger charge is -2.27. The van der Waals surface area contributed by atoms with E-state index in [0.29, 0.717) is 30.6 Å². The van der Waals surface area contributed by atoms with Crippen LogP contribution in [0.2, 0.25) is 0 Å². The van der Waals surface area contributed by atoms with Crippen LogP contribution in [0.3, 0.4) is 0 Å². The number of carbonyl (C=O) groups excluding carboxylic acids is 1. The monoisotopic (exact) mass is 328 g/mol. The van der Waals surface area contributed by atoms with Crippen LogP contribution in [0.4, 0.5) is 5.82 Å². The Hall–Kier alpha value is -2.51. The van der Waals surface area contributed by atoms with Crippen molar-refractivity contribution in [3.8, 4) is 0 Å². The van der Waals surface area contributed by atoms with Crippen molar-refractivity contribution in [2.75, 3.05) is 18.0 Å². The van der Waals surface area contributed by atoms with Gasteiger partial charge in [0, 0.05) is 39.1 Å². The van der Waals surface area contributed by atoms with Crippen molar-refractivity contribution < 1.29 is 9.32 Å². The molecule has 0 spiro atoms. The van der Waals surface area contributed by atoms with E-state index in [1.54, 1.807) is 6.92 Å². The van der Waals surface area contributed by atoms with Crippen molar-refractivity contribution in [1.82, 2.24) is 25.4 Å². The Kier molecular flexibility index (Phi) is 3.47. The average Bonchev–Trinajstić information content (AvgIpc) is 3.18. The van der Waals surface area contributed by atoms with Crippen molar-refractivity contribution >= 4 is 11.7 Å². The molecule has 1 saturated carbocycles. The maximum Gasteiger partial charge on any atom is 0.223 e. The predicted octanol–water partition coefficient (Wildman–Crippen LogP) is 1.29. The van der Waals surface area contributed by atoms with E-state index in [4.69, 9.17) is 9.51 Å². The Labute approximate surface area is 139 Å². The number of aryl methyl sites for hydroxylation is 1. The second-order valence-corrected chi connectivity index (χ2v) is 6.62. The number of hydrogen-bond acceptors (Lipinski definition) is 7. The van der Waals surface area contributed by atoms with Gasteiger partial charge in [-0.05, 0) is 25.3 Å². The minimum atomic E-state index is -0.645. The molecule has 1 N–H and O–H groups in total. The molecule has 0 radical (unpaired) electrons. The molecule has 2 fully saturated rings. The van der Waals surface area contributed by atoms with E-state index in [9.17, 15) is 4.79 Å². The summed E-state index contributed by atoms with van der Waals surface area (Å²) in [6.07, 6.45) is 4.85. The highest BCUT2D eigenvalue weighted by atomic mass is 16.5. The van der Waals surface area contributed by atoms with Crippen molar-refractivity contribution in [3.63, 3.8) is 0 Å². The maximum absolute atomic E-state index is 11.7.